The van der Waals surface area contributed by atoms with Crippen LogP contribution < -0.4 is 16.0 Å². The molecule has 3 rings (SSSR count). The van der Waals surface area contributed by atoms with Gasteiger partial charge in [0.1, 0.15) is 23.3 Å². The summed E-state index contributed by atoms with van der Waals surface area (Å²) in [6.07, 6.45) is 7.36. The molecule has 1 fully saturated rings. The zero-order valence-corrected chi connectivity index (χ0v) is 15.0. The minimum Gasteiger partial charge on any atom is -0.465 e. The summed E-state index contributed by atoms with van der Waals surface area (Å²) in [5.74, 6) is 0.523. The fraction of sp³-hybridized carbons (Fsp3) is 0.389. The zero-order chi connectivity index (χ0) is 19.1. The number of esters is 1. The van der Waals surface area contributed by atoms with Crippen LogP contribution in [-0.2, 0) is 4.74 Å². The third-order valence-corrected chi connectivity index (χ3v) is 4.27. The molecule has 1 saturated heterocycles. The Balaban J connectivity index is 1.82. The molecule has 2 aromatic rings. The van der Waals surface area contributed by atoms with Gasteiger partial charge in [-0.15, -0.1) is 0 Å². The highest BCUT2D eigenvalue weighted by Gasteiger charge is 2.18. The summed E-state index contributed by atoms with van der Waals surface area (Å²) >= 11 is 0. The van der Waals surface area contributed by atoms with Gasteiger partial charge in [0.2, 0.25) is 0 Å². The van der Waals surface area contributed by atoms with Crippen LogP contribution in [0.3, 0.4) is 0 Å². The molecule has 27 heavy (non-hydrogen) atoms. The van der Waals surface area contributed by atoms with Gasteiger partial charge in [0.15, 0.2) is 5.69 Å². The molecule has 1 aliphatic heterocycles. The highest BCUT2D eigenvalue weighted by Crippen LogP contribution is 2.24. The van der Waals surface area contributed by atoms with Crippen molar-refractivity contribution in [3.63, 3.8) is 0 Å². The highest BCUT2D eigenvalue weighted by molar-refractivity contribution is 5.95. The van der Waals surface area contributed by atoms with Crippen LogP contribution in [0.15, 0.2) is 24.7 Å². The first-order valence-corrected chi connectivity index (χ1v) is 8.74. The van der Waals surface area contributed by atoms with Crippen LogP contribution in [0, 0.1) is 11.3 Å². The molecule has 0 saturated carbocycles. The second kappa shape index (κ2) is 8.91. The molecule has 2 aromatic heterocycles. The molecule has 9 nitrogen and oxygen atoms in total. The molecule has 0 amide bonds. The van der Waals surface area contributed by atoms with Gasteiger partial charge < -0.3 is 20.7 Å². The highest BCUT2D eigenvalue weighted by atomic mass is 16.5. The molecule has 1 aliphatic rings. The van der Waals surface area contributed by atoms with E-state index in [1.807, 2.05) is 6.07 Å². The van der Waals surface area contributed by atoms with Gasteiger partial charge in [0.25, 0.3) is 0 Å². The maximum absolute atomic E-state index is 12.1. The number of nitrogens with one attached hydrogen (secondary N) is 3. The van der Waals surface area contributed by atoms with E-state index in [0.29, 0.717) is 22.9 Å². The quantitative estimate of drug-likeness (QED) is 0.679. The summed E-state index contributed by atoms with van der Waals surface area (Å²) in [6.45, 7) is 1.94. The van der Waals surface area contributed by atoms with Crippen LogP contribution in [0.2, 0.25) is 0 Å². The van der Waals surface area contributed by atoms with Crippen molar-refractivity contribution in [2.75, 3.05) is 30.8 Å². The third kappa shape index (κ3) is 4.89. The predicted octanol–water partition coefficient (Wildman–Crippen LogP) is 1.83. The lowest BCUT2D eigenvalue weighted by Crippen LogP contribution is -2.23. The number of hydrogen-bond acceptors (Lipinski definition) is 9. The van der Waals surface area contributed by atoms with Gasteiger partial charge in [0, 0.05) is 18.3 Å². The number of ether oxygens (including phenoxy) is 1. The smallest absolute Gasteiger partial charge is 0.341 e. The number of aromatic nitrogens is 3. The number of rotatable bonds is 5. The van der Waals surface area contributed by atoms with Gasteiger partial charge in [-0.2, -0.15) is 5.26 Å². The molecule has 0 radical (unpaired) electrons. The Morgan fingerprint density at radius 1 is 1.22 bits per heavy atom. The number of nitrogens with zero attached hydrogens (tertiary/aromatic N) is 4. The van der Waals surface area contributed by atoms with Crippen molar-refractivity contribution in [1.82, 2.24) is 20.3 Å². The second-order valence-corrected chi connectivity index (χ2v) is 6.15. The largest absolute Gasteiger partial charge is 0.465 e. The van der Waals surface area contributed by atoms with E-state index in [0.717, 1.165) is 32.4 Å². The van der Waals surface area contributed by atoms with Crippen LogP contribution in [0.5, 0.6) is 0 Å². The zero-order valence-electron chi connectivity index (χ0n) is 15.0. The van der Waals surface area contributed by atoms with E-state index in [2.05, 4.69) is 30.9 Å². The van der Waals surface area contributed by atoms with Crippen LogP contribution >= 0.6 is 0 Å². The summed E-state index contributed by atoms with van der Waals surface area (Å²) < 4.78 is 4.87. The minimum atomic E-state index is -0.443. The van der Waals surface area contributed by atoms with Gasteiger partial charge in [-0.3, -0.25) is 0 Å². The van der Waals surface area contributed by atoms with Crippen molar-refractivity contribution in [1.29, 1.82) is 5.26 Å². The maximum atomic E-state index is 12.1. The molecule has 9 heteroatoms. The number of carbonyl (C=O) groups is 1. The molecule has 0 unspecified atom stereocenters. The van der Waals surface area contributed by atoms with Gasteiger partial charge in [0.05, 0.1) is 25.2 Å². The molecule has 140 valence electrons. The van der Waals surface area contributed by atoms with Crippen molar-refractivity contribution in [2.45, 2.75) is 25.3 Å². The second-order valence-electron chi connectivity index (χ2n) is 6.15. The van der Waals surface area contributed by atoms with E-state index in [-0.39, 0.29) is 11.7 Å². The van der Waals surface area contributed by atoms with Crippen molar-refractivity contribution in [3.05, 3.63) is 35.9 Å². The van der Waals surface area contributed by atoms with Crippen LogP contribution in [0.25, 0.3) is 0 Å². The normalized spacial score (nSPS) is 16.7. The molecule has 0 aliphatic carbocycles. The fourth-order valence-electron chi connectivity index (χ4n) is 2.88. The summed E-state index contributed by atoms with van der Waals surface area (Å²) in [4.78, 5) is 24.4. The number of pyridine rings is 1. The van der Waals surface area contributed by atoms with Crippen LogP contribution in [0.1, 0.15) is 35.3 Å². The van der Waals surface area contributed by atoms with Crippen molar-refractivity contribution < 1.29 is 9.53 Å². The Hall–Kier alpha value is -3.25. The monoisotopic (exact) mass is 367 g/mol. The number of hydrogen-bond donors (Lipinski definition) is 3. The molecule has 1 atom stereocenters. The number of nitriles is 1. The molecule has 0 bridgehead atoms. The third-order valence-electron chi connectivity index (χ3n) is 4.27. The molecular formula is C18H21N7O2. The summed E-state index contributed by atoms with van der Waals surface area (Å²) in [5.41, 5.74) is 1.28. The average molecular weight is 367 g/mol. The first-order valence-electron chi connectivity index (χ1n) is 8.74. The Morgan fingerprint density at radius 2 is 2.07 bits per heavy atom. The molecule has 0 aromatic carbocycles. The lowest BCUT2D eigenvalue weighted by Gasteiger charge is -2.20. The van der Waals surface area contributed by atoms with Crippen LogP contribution in [0.4, 0.5) is 17.3 Å². The number of methoxy groups -OCH3 is 1. The van der Waals surface area contributed by atoms with Gasteiger partial charge in [-0.05, 0) is 32.4 Å². The Bertz CT molecular complexity index is 825. The number of anilines is 3. The van der Waals surface area contributed by atoms with E-state index in [4.69, 9.17) is 10.00 Å². The van der Waals surface area contributed by atoms with Crippen molar-refractivity contribution in [3.8, 4) is 6.07 Å². The van der Waals surface area contributed by atoms with Crippen LogP contribution in [-0.4, -0.2) is 47.2 Å². The van der Waals surface area contributed by atoms with Gasteiger partial charge >= 0.3 is 5.97 Å². The summed E-state index contributed by atoms with van der Waals surface area (Å²) in [5, 5.41) is 18.6. The standard InChI is InChI=1S/C18H21N7O2/c1-27-18(26)14-10-23-16(25-17-11-21-13(8-19)9-22-17)7-15(14)24-12-3-2-5-20-6-4-12/h7,9-12,20H,2-6H2,1H3,(H2,22,23,24,25)/t12-/m0/s1. The lowest BCUT2D eigenvalue weighted by molar-refractivity contribution is 0.0601. The van der Waals surface area contributed by atoms with E-state index in [9.17, 15) is 4.79 Å². The molecule has 3 N–H and O–H groups in total. The summed E-state index contributed by atoms with van der Waals surface area (Å²) in [6, 6.07) is 3.93. The summed E-state index contributed by atoms with van der Waals surface area (Å²) in [7, 11) is 1.35. The number of carbonyl (C=O) groups excluding carboxylic acids is 1. The molecule has 3 heterocycles. The average Bonchev–Trinajstić information content (AvgIpc) is 2.97. The molecule has 0 spiro atoms. The fourth-order valence-corrected chi connectivity index (χ4v) is 2.88. The van der Waals surface area contributed by atoms with E-state index in [1.165, 1.54) is 25.7 Å². The minimum absolute atomic E-state index is 0.235. The van der Waals surface area contributed by atoms with Gasteiger partial charge in [-0.1, -0.05) is 0 Å². The SMILES string of the molecule is COC(=O)c1cnc(Nc2cnc(C#N)cn2)cc1N[C@H]1CCCNCC1. The van der Waals surface area contributed by atoms with Gasteiger partial charge in [-0.25, -0.2) is 19.7 Å². The van der Waals surface area contributed by atoms with Crippen molar-refractivity contribution in [2.24, 2.45) is 0 Å². The van der Waals surface area contributed by atoms with E-state index in [1.54, 1.807) is 6.07 Å². The Labute approximate surface area is 157 Å². The van der Waals surface area contributed by atoms with E-state index < -0.39 is 5.97 Å². The Kier molecular flexibility index (Phi) is 6.12. The molecular weight excluding hydrogens is 346 g/mol. The first-order chi connectivity index (χ1) is 13.2. The maximum Gasteiger partial charge on any atom is 0.341 e. The van der Waals surface area contributed by atoms with Crippen molar-refractivity contribution >= 4 is 23.3 Å². The topological polar surface area (TPSA) is 125 Å². The lowest BCUT2D eigenvalue weighted by atomic mass is 10.1. The van der Waals surface area contributed by atoms with E-state index >= 15 is 0 Å². The first kappa shape index (κ1) is 18.5. The predicted molar refractivity (Wildman–Crippen MR) is 99.7 cm³/mol. The Morgan fingerprint density at radius 3 is 2.81 bits per heavy atom.